The van der Waals surface area contributed by atoms with Gasteiger partial charge in [0.05, 0.1) is 15.6 Å². The molecule has 33 heavy (non-hydrogen) atoms. The van der Waals surface area contributed by atoms with Gasteiger partial charge >= 0.3 is 0 Å². The Morgan fingerprint density at radius 3 is 2.36 bits per heavy atom. The number of thiophene rings is 1. The Morgan fingerprint density at radius 1 is 1.00 bits per heavy atom. The summed E-state index contributed by atoms with van der Waals surface area (Å²) in [6, 6.07) is 22.3. The molecular weight excluding hydrogens is 454 g/mol. The summed E-state index contributed by atoms with van der Waals surface area (Å²) < 4.78 is 1.02. The van der Waals surface area contributed by atoms with E-state index in [4.69, 9.17) is 16.6 Å². The molecule has 1 aromatic heterocycles. The number of amides is 1. The molecule has 0 bridgehead atoms. The lowest BCUT2D eigenvalue weighted by molar-refractivity contribution is -0.113. The summed E-state index contributed by atoms with van der Waals surface area (Å²) in [4.78, 5) is 22.5. The molecule has 5 rings (SSSR count). The molecule has 7 heteroatoms. The van der Waals surface area contributed by atoms with E-state index in [-0.39, 0.29) is 11.7 Å². The predicted molar refractivity (Wildman–Crippen MR) is 138 cm³/mol. The van der Waals surface area contributed by atoms with Gasteiger partial charge in [0.15, 0.2) is 5.84 Å². The van der Waals surface area contributed by atoms with Crippen LogP contribution in [0.2, 0.25) is 5.02 Å². The normalized spacial score (nSPS) is 14.9. The number of aliphatic imine (C=N–C) groups is 1. The van der Waals surface area contributed by atoms with Crippen LogP contribution in [0.4, 0.5) is 11.4 Å². The molecule has 0 fully saturated rings. The van der Waals surface area contributed by atoms with E-state index in [9.17, 15) is 9.90 Å². The van der Waals surface area contributed by atoms with Crippen LogP contribution in [-0.2, 0) is 4.79 Å². The van der Waals surface area contributed by atoms with E-state index in [0.29, 0.717) is 22.2 Å². The molecule has 5 nitrogen and oxygen atoms in total. The highest BCUT2D eigenvalue weighted by Gasteiger charge is 2.35. The van der Waals surface area contributed by atoms with Crippen molar-refractivity contribution in [1.29, 1.82) is 0 Å². The number of hydrogen-bond acceptors (Lipinski definition) is 5. The van der Waals surface area contributed by atoms with Gasteiger partial charge in [0.2, 0.25) is 0 Å². The molecule has 4 aromatic rings. The van der Waals surface area contributed by atoms with Crippen LogP contribution in [0.1, 0.15) is 10.4 Å². The van der Waals surface area contributed by atoms with Gasteiger partial charge in [-0.3, -0.25) is 9.69 Å². The van der Waals surface area contributed by atoms with Crippen LogP contribution in [-0.4, -0.2) is 30.9 Å². The van der Waals surface area contributed by atoms with E-state index in [1.807, 2.05) is 67.5 Å². The monoisotopic (exact) mass is 473 g/mol. The van der Waals surface area contributed by atoms with Gasteiger partial charge in [-0.1, -0.05) is 41.9 Å². The summed E-state index contributed by atoms with van der Waals surface area (Å²) in [6.45, 7) is 0. The van der Waals surface area contributed by atoms with Crippen LogP contribution in [0.15, 0.2) is 83.5 Å². The molecule has 0 radical (unpaired) electrons. The number of rotatable bonds is 4. The summed E-state index contributed by atoms with van der Waals surface area (Å²) in [6.07, 6.45) is 1.78. The van der Waals surface area contributed by atoms with Gasteiger partial charge in [0, 0.05) is 29.9 Å². The predicted octanol–water partition coefficient (Wildman–Crippen LogP) is 6.16. The molecular formula is C26H20ClN3O2S. The maximum Gasteiger partial charge on any atom is 0.282 e. The topological polar surface area (TPSA) is 56.1 Å². The first-order valence-electron chi connectivity index (χ1n) is 10.3. The molecule has 0 atom stereocenters. The molecule has 1 amide bonds. The number of hydrogen-bond donors (Lipinski definition) is 1. The third kappa shape index (κ3) is 3.88. The molecule has 0 spiro atoms. The van der Waals surface area contributed by atoms with Crippen LogP contribution in [0.3, 0.4) is 0 Å². The second-order valence-electron chi connectivity index (χ2n) is 7.85. The van der Waals surface area contributed by atoms with Crippen molar-refractivity contribution in [1.82, 2.24) is 0 Å². The van der Waals surface area contributed by atoms with E-state index in [1.165, 1.54) is 11.3 Å². The number of anilines is 2. The van der Waals surface area contributed by atoms with Crippen LogP contribution in [0.5, 0.6) is 5.75 Å². The summed E-state index contributed by atoms with van der Waals surface area (Å²) in [5.41, 5.74) is 2.88. The van der Waals surface area contributed by atoms with E-state index < -0.39 is 0 Å². The fourth-order valence-corrected chi connectivity index (χ4v) is 5.19. The fourth-order valence-electron chi connectivity index (χ4n) is 3.69. The first-order chi connectivity index (χ1) is 15.9. The van der Waals surface area contributed by atoms with Gasteiger partial charge in [0.25, 0.3) is 5.91 Å². The van der Waals surface area contributed by atoms with Crippen LogP contribution >= 0.6 is 22.9 Å². The minimum Gasteiger partial charge on any atom is -0.508 e. The van der Waals surface area contributed by atoms with Crippen LogP contribution in [0, 0.1) is 0 Å². The summed E-state index contributed by atoms with van der Waals surface area (Å²) >= 11 is 8.24. The van der Waals surface area contributed by atoms with Crippen molar-refractivity contribution in [2.45, 2.75) is 0 Å². The lowest BCUT2D eigenvalue weighted by atomic mass is 10.1. The van der Waals surface area contributed by atoms with Crippen LogP contribution in [0.25, 0.3) is 16.2 Å². The quantitative estimate of drug-likeness (QED) is 0.361. The Hall–Kier alpha value is -3.61. The molecule has 0 aliphatic carbocycles. The minimum atomic E-state index is -0.249. The average Bonchev–Trinajstić information content (AvgIpc) is 3.32. The second kappa shape index (κ2) is 8.39. The lowest BCUT2D eigenvalue weighted by Crippen LogP contribution is -2.32. The number of carbonyl (C=O) groups excluding carboxylic acids is 1. The molecule has 0 unspecified atom stereocenters. The summed E-state index contributed by atoms with van der Waals surface area (Å²) in [5, 5.41) is 11.2. The highest BCUT2D eigenvalue weighted by Crippen LogP contribution is 2.39. The number of aromatic hydroxyl groups is 1. The van der Waals surface area contributed by atoms with Crippen molar-refractivity contribution >= 4 is 62.2 Å². The van der Waals surface area contributed by atoms with E-state index in [0.717, 1.165) is 26.2 Å². The van der Waals surface area contributed by atoms with E-state index >= 15 is 0 Å². The molecule has 164 valence electrons. The highest BCUT2D eigenvalue weighted by molar-refractivity contribution is 7.21. The zero-order valence-corrected chi connectivity index (χ0v) is 19.6. The lowest BCUT2D eigenvalue weighted by Gasteiger charge is -2.18. The van der Waals surface area contributed by atoms with Crippen molar-refractivity contribution in [3.05, 3.63) is 94.0 Å². The first-order valence-corrected chi connectivity index (χ1v) is 11.5. The minimum absolute atomic E-state index is 0.125. The molecule has 1 aliphatic rings. The maximum absolute atomic E-state index is 13.5. The highest BCUT2D eigenvalue weighted by atomic mass is 35.5. The van der Waals surface area contributed by atoms with Gasteiger partial charge < -0.3 is 10.0 Å². The van der Waals surface area contributed by atoms with Crippen molar-refractivity contribution in [3.8, 4) is 5.75 Å². The first kappa shape index (κ1) is 21.2. The second-order valence-corrected chi connectivity index (χ2v) is 9.28. The number of benzene rings is 3. The third-order valence-electron chi connectivity index (χ3n) is 5.42. The molecule has 0 saturated heterocycles. The zero-order chi connectivity index (χ0) is 23.1. The smallest absolute Gasteiger partial charge is 0.282 e. The van der Waals surface area contributed by atoms with Crippen molar-refractivity contribution in [3.63, 3.8) is 0 Å². The maximum atomic E-state index is 13.5. The number of amidine groups is 1. The Bertz CT molecular complexity index is 1420. The molecule has 0 saturated carbocycles. The van der Waals surface area contributed by atoms with Gasteiger partial charge in [-0.25, -0.2) is 4.99 Å². The number of carbonyl (C=O) groups is 1. The standard InChI is InChI=1S/C26H20ClN3O2S/c1-29(2)17-9-7-16(8-10-17)15-21-26(32)30(18-11-13-19(31)14-12-18)25(28-21)24-23(27)20-5-3-4-6-22(20)33-24/h3-15,31H,1-2H3/b21-15+. The number of halogens is 1. The van der Waals surface area contributed by atoms with Crippen molar-refractivity contribution < 1.29 is 9.90 Å². The summed E-state index contributed by atoms with van der Waals surface area (Å²) in [7, 11) is 3.96. The largest absolute Gasteiger partial charge is 0.508 e. The summed E-state index contributed by atoms with van der Waals surface area (Å²) in [5.74, 6) is 0.356. The van der Waals surface area contributed by atoms with Crippen molar-refractivity contribution in [2.75, 3.05) is 23.9 Å². The Balaban J connectivity index is 1.64. The SMILES string of the molecule is CN(C)c1ccc(/C=C2/N=C(c3sc4ccccc4c3Cl)N(c3ccc(O)cc3)C2=O)cc1. The van der Waals surface area contributed by atoms with Gasteiger partial charge in [-0.15, -0.1) is 11.3 Å². The van der Waals surface area contributed by atoms with Crippen molar-refractivity contribution in [2.24, 2.45) is 4.99 Å². The van der Waals surface area contributed by atoms with Gasteiger partial charge in [0.1, 0.15) is 11.4 Å². The zero-order valence-electron chi connectivity index (χ0n) is 18.0. The number of nitrogens with zero attached hydrogens (tertiary/aromatic N) is 3. The number of fused-ring (bicyclic) bond motifs is 1. The number of phenolic OH excluding ortho intramolecular Hbond substituents is 1. The van der Waals surface area contributed by atoms with Crippen LogP contribution < -0.4 is 9.80 Å². The third-order valence-corrected chi connectivity index (χ3v) is 7.09. The molecule has 1 N–H and O–H groups in total. The van der Waals surface area contributed by atoms with Gasteiger partial charge in [-0.2, -0.15) is 0 Å². The Labute approximate surface area is 200 Å². The molecule has 1 aliphatic heterocycles. The Morgan fingerprint density at radius 2 is 1.70 bits per heavy atom. The van der Waals surface area contributed by atoms with E-state index in [1.54, 1.807) is 35.2 Å². The van der Waals surface area contributed by atoms with Gasteiger partial charge in [-0.05, 0) is 54.1 Å². The fraction of sp³-hybridized carbons (Fsp3) is 0.0769. The Kier molecular flexibility index (Phi) is 5.40. The average molecular weight is 474 g/mol. The molecule has 2 heterocycles. The number of phenols is 1. The van der Waals surface area contributed by atoms with E-state index in [2.05, 4.69) is 0 Å². The molecule has 3 aromatic carbocycles.